The average molecular weight is 372 g/mol. The van der Waals surface area contributed by atoms with Crippen LogP contribution in [0.1, 0.15) is 34.3 Å². The van der Waals surface area contributed by atoms with Crippen molar-refractivity contribution in [3.8, 4) is 0 Å². The van der Waals surface area contributed by atoms with Crippen LogP contribution in [0.3, 0.4) is 0 Å². The normalized spacial score (nSPS) is 17.0. The van der Waals surface area contributed by atoms with Crippen LogP contribution in [0.25, 0.3) is 0 Å². The maximum absolute atomic E-state index is 12.8. The molecule has 1 aliphatic heterocycles. The number of nitrogens with one attached hydrogen (secondary N) is 1. The van der Waals surface area contributed by atoms with Gasteiger partial charge in [0, 0.05) is 24.8 Å². The van der Waals surface area contributed by atoms with Crippen molar-refractivity contribution < 1.29 is 9.59 Å². The molecule has 2 amide bonds. The molecule has 0 spiro atoms. The molecule has 1 saturated heterocycles. The number of rotatable bonds is 3. The Balaban J connectivity index is 1.67. The molecule has 1 N–H and O–H groups in total. The number of carbonyl (C=O) groups excluding carboxylic acids is 2. The molecule has 1 aromatic heterocycles. The minimum Gasteiger partial charge on any atom is -0.338 e. The fourth-order valence-electron chi connectivity index (χ4n) is 3.33. The van der Waals surface area contributed by atoms with Gasteiger partial charge in [0.1, 0.15) is 5.82 Å². The van der Waals surface area contributed by atoms with Crippen molar-refractivity contribution in [1.82, 2.24) is 9.88 Å². The van der Waals surface area contributed by atoms with Gasteiger partial charge in [-0.3, -0.25) is 9.59 Å². The number of hydrogen-bond acceptors (Lipinski definition) is 3. The summed E-state index contributed by atoms with van der Waals surface area (Å²) in [6, 6.07) is 9.19. The Morgan fingerprint density at radius 3 is 2.58 bits per heavy atom. The van der Waals surface area contributed by atoms with Gasteiger partial charge in [0.2, 0.25) is 5.91 Å². The molecule has 0 bridgehead atoms. The summed E-state index contributed by atoms with van der Waals surface area (Å²) in [5, 5.41) is 3.33. The standard InChI is InChI=1S/C20H22ClN3O2/c1-13-8-14(2)10-16(9-13)20(26)24-7-3-4-15(12-24)19(25)23-18-6-5-17(21)11-22-18/h5-6,8-11,15H,3-4,7,12H2,1-2H3,(H,22,23,25)/t15-/m0/s1. The number of pyridine rings is 1. The predicted molar refractivity (Wildman–Crippen MR) is 102 cm³/mol. The summed E-state index contributed by atoms with van der Waals surface area (Å²) in [4.78, 5) is 31.2. The lowest BCUT2D eigenvalue weighted by molar-refractivity contribution is -0.121. The van der Waals surface area contributed by atoms with E-state index in [4.69, 9.17) is 11.6 Å². The van der Waals surface area contributed by atoms with Crippen molar-refractivity contribution in [3.63, 3.8) is 0 Å². The molecule has 136 valence electrons. The predicted octanol–water partition coefficient (Wildman–Crippen LogP) is 3.84. The third-order valence-electron chi connectivity index (χ3n) is 4.53. The monoisotopic (exact) mass is 371 g/mol. The molecule has 2 aromatic rings. The lowest BCUT2D eigenvalue weighted by atomic mass is 9.96. The molecule has 1 fully saturated rings. The molecular weight excluding hydrogens is 350 g/mol. The van der Waals surface area contributed by atoms with E-state index in [1.807, 2.05) is 32.0 Å². The summed E-state index contributed by atoms with van der Waals surface area (Å²) in [6.07, 6.45) is 3.06. The zero-order chi connectivity index (χ0) is 18.7. The van der Waals surface area contributed by atoms with Crippen LogP contribution < -0.4 is 5.32 Å². The Bertz CT molecular complexity index is 800. The van der Waals surface area contributed by atoms with Crippen LogP contribution in [0.15, 0.2) is 36.5 Å². The van der Waals surface area contributed by atoms with E-state index in [1.165, 1.54) is 6.20 Å². The lowest BCUT2D eigenvalue weighted by Gasteiger charge is -2.32. The van der Waals surface area contributed by atoms with Crippen molar-refractivity contribution >= 4 is 29.2 Å². The topological polar surface area (TPSA) is 62.3 Å². The van der Waals surface area contributed by atoms with E-state index in [-0.39, 0.29) is 17.7 Å². The zero-order valence-corrected chi connectivity index (χ0v) is 15.7. The van der Waals surface area contributed by atoms with Gasteiger partial charge in [-0.25, -0.2) is 4.98 Å². The van der Waals surface area contributed by atoms with Gasteiger partial charge >= 0.3 is 0 Å². The number of nitrogens with zero attached hydrogens (tertiary/aromatic N) is 2. The molecule has 1 atom stereocenters. The molecule has 5 nitrogen and oxygen atoms in total. The first-order valence-electron chi connectivity index (χ1n) is 8.72. The molecular formula is C20H22ClN3O2. The molecule has 6 heteroatoms. The number of benzene rings is 1. The lowest BCUT2D eigenvalue weighted by Crippen LogP contribution is -2.43. The molecule has 0 radical (unpaired) electrons. The molecule has 3 rings (SSSR count). The van der Waals surface area contributed by atoms with Crippen molar-refractivity contribution in [3.05, 3.63) is 58.2 Å². The maximum Gasteiger partial charge on any atom is 0.253 e. The number of carbonyl (C=O) groups is 2. The highest BCUT2D eigenvalue weighted by Gasteiger charge is 2.29. The largest absolute Gasteiger partial charge is 0.338 e. The Kier molecular flexibility index (Phi) is 5.57. The summed E-state index contributed by atoms with van der Waals surface area (Å²) in [7, 11) is 0. The summed E-state index contributed by atoms with van der Waals surface area (Å²) < 4.78 is 0. The second-order valence-electron chi connectivity index (χ2n) is 6.82. The molecule has 0 saturated carbocycles. The maximum atomic E-state index is 12.8. The number of halogens is 1. The number of aromatic nitrogens is 1. The molecule has 2 heterocycles. The van der Waals surface area contributed by atoms with Crippen LogP contribution in [0.4, 0.5) is 5.82 Å². The fraction of sp³-hybridized carbons (Fsp3) is 0.350. The second-order valence-corrected chi connectivity index (χ2v) is 7.25. The van der Waals surface area contributed by atoms with E-state index in [2.05, 4.69) is 10.3 Å². The van der Waals surface area contributed by atoms with Gasteiger partial charge < -0.3 is 10.2 Å². The minimum absolute atomic E-state index is 0.0149. The molecule has 1 aromatic carbocycles. The van der Waals surface area contributed by atoms with Gasteiger partial charge in [0.15, 0.2) is 0 Å². The first-order chi connectivity index (χ1) is 12.4. The quantitative estimate of drug-likeness (QED) is 0.891. The van der Waals surface area contributed by atoms with Crippen LogP contribution in [-0.2, 0) is 4.79 Å². The van der Waals surface area contributed by atoms with E-state index < -0.39 is 0 Å². The first kappa shape index (κ1) is 18.4. The average Bonchev–Trinajstić information content (AvgIpc) is 2.62. The van der Waals surface area contributed by atoms with Gasteiger partial charge in [0.25, 0.3) is 5.91 Å². The smallest absolute Gasteiger partial charge is 0.253 e. The van der Waals surface area contributed by atoms with Gasteiger partial charge in [-0.15, -0.1) is 0 Å². The molecule has 0 unspecified atom stereocenters. The summed E-state index contributed by atoms with van der Waals surface area (Å²) in [5.41, 5.74) is 2.81. The van der Waals surface area contributed by atoms with Crippen LogP contribution in [-0.4, -0.2) is 34.8 Å². The van der Waals surface area contributed by atoms with E-state index in [9.17, 15) is 9.59 Å². The van der Waals surface area contributed by atoms with Gasteiger partial charge in [-0.05, 0) is 51.0 Å². The van der Waals surface area contributed by atoms with Crippen molar-refractivity contribution in [2.75, 3.05) is 18.4 Å². The fourth-order valence-corrected chi connectivity index (χ4v) is 3.45. The molecule has 0 aliphatic carbocycles. The van der Waals surface area contributed by atoms with Crippen LogP contribution in [0.5, 0.6) is 0 Å². The van der Waals surface area contributed by atoms with Crippen molar-refractivity contribution in [1.29, 1.82) is 0 Å². The number of piperidine rings is 1. The molecule has 1 aliphatic rings. The summed E-state index contributed by atoms with van der Waals surface area (Å²) in [5.74, 6) is 0.102. The third kappa shape index (κ3) is 4.41. The highest BCUT2D eigenvalue weighted by atomic mass is 35.5. The minimum atomic E-state index is -0.240. The second kappa shape index (κ2) is 7.87. The van der Waals surface area contributed by atoms with Crippen LogP contribution >= 0.6 is 11.6 Å². The number of anilines is 1. The Hall–Kier alpha value is -2.40. The summed E-state index contributed by atoms with van der Waals surface area (Å²) in [6.45, 7) is 5.06. The van der Waals surface area contributed by atoms with E-state index in [0.29, 0.717) is 29.5 Å². The number of hydrogen-bond donors (Lipinski definition) is 1. The number of amides is 2. The van der Waals surface area contributed by atoms with Gasteiger partial charge in [-0.2, -0.15) is 0 Å². The zero-order valence-electron chi connectivity index (χ0n) is 15.0. The van der Waals surface area contributed by atoms with Crippen molar-refractivity contribution in [2.45, 2.75) is 26.7 Å². The van der Waals surface area contributed by atoms with Gasteiger partial charge in [0.05, 0.1) is 10.9 Å². The van der Waals surface area contributed by atoms with Crippen molar-refractivity contribution in [2.24, 2.45) is 5.92 Å². The SMILES string of the molecule is Cc1cc(C)cc(C(=O)N2CCC[C@H](C(=O)Nc3ccc(Cl)cn3)C2)c1. The van der Waals surface area contributed by atoms with Crippen LogP contribution in [0, 0.1) is 19.8 Å². The number of likely N-dealkylation sites (tertiary alicyclic amines) is 1. The molecule has 26 heavy (non-hydrogen) atoms. The van der Waals surface area contributed by atoms with Gasteiger partial charge in [-0.1, -0.05) is 28.8 Å². The summed E-state index contributed by atoms with van der Waals surface area (Å²) >= 11 is 5.81. The highest BCUT2D eigenvalue weighted by molar-refractivity contribution is 6.30. The van der Waals surface area contributed by atoms with E-state index >= 15 is 0 Å². The Morgan fingerprint density at radius 2 is 1.92 bits per heavy atom. The first-order valence-corrected chi connectivity index (χ1v) is 9.10. The highest BCUT2D eigenvalue weighted by Crippen LogP contribution is 2.21. The van der Waals surface area contributed by atoms with Crippen LogP contribution in [0.2, 0.25) is 5.02 Å². The number of aryl methyl sites for hydroxylation is 2. The van der Waals surface area contributed by atoms with E-state index in [0.717, 1.165) is 24.0 Å². The Labute approximate surface area is 158 Å². The third-order valence-corrected chi connectivity index (χ3v) is 4.75. The van der Waals surface area contributed by atoms with E-state index in [1.54, 1.807) is 17.0 Å². The Morgan fingerprint density at radius 1 is 1.19 bits per heavy atom.